The summed E-state index contributed by atoms with van der Waals surface area (Å²) < 4.78 is 12.9. The van der Waals surface area contributed by atoms with Gasteiger partial charge in [0, 0.05) is 12.1 Å². The van der Waals surface area contributed by atoms with Crippen LogP contribution in [0.5, 0.6) is 11.5 Å². The molecule has 0 heterocycles. The number of hydrogen-bond acceptors (Lipinski definition) is 3. The number of hydrogen-bond donors (Lipinski definition) is 1. The van der Waals surface area contributed by atoms with Crippen LogP contribution in [0.1, 0.15) is 11.1 Å². The van der Waals surface area contributed by atoms with Crippen LogP contribution in [0.15, 0.2) is 45.3 Å². The molecule has 0 aliphatic carbocycles. The summed E-state index contributed by atoms with van der Waals surface area (Å²) in [5.74, 6) is 1.58. The lowest BCUT2D eigenvalue weighted by Crippen LogP contribution is -2.01. The van der Waals surface area contributed by atoms with Crippen molar-refractivity contribution in [2.75, 3.05) is 7.11 Å². The number of methoxy groups -OCH3 is 1. The minimum Gasteiger partial charge on any atom is -0.496 e. The molecule has 0 amide bonds. The van der Waals surface area contributed by atoms with Crippen LogP contribution in [-0.2, 0) is 13.2 Å². The Morgan fingerprint density at radius 3 is 2.35 bits per heavy atom. The van der Waals surface area contributed by atoms with Crippen molar-refractivity contribution in [3.63, 3.8) is 0 Å². The number of nitrogens with two attached hydrogens (primary N) is 1. The maximum absolute atomic E-state index is 5.88. The second-order valence-corrected chi connectivity index (χ2v) is 5.90. The van der Waals surface area contributed by atoms with Crippen molar-refractivity contribution in [2.24, 2.45) is 5.73 Å². The van der Waals surface area contributed by atoms with E-state index in [2.05, 4.69) is 31.9 Å². The molecule has 0 aliphatic rings. The van der Waals surface area contributed by atoms with Gasteiger partial charge in [0.1, 0.15) is 18.1 Å². The van der Waals surface area contributed by atoms with Crippen molar-refractivity contribution in [1.29, 1.82) is 0 Å². The summed E-state index contributed by atoms with van der Waals surface area (Å²) in [5, 5.41) is 0. The van der Waals surface area contributed by atoms with E-state index in [1.165, 1.54) is 0 Å². The highest BCUT2D eigenvalue weighted by molar-refractivity contribution is 9.11. The predicted octanol–water partition coefficient (Wildman–Crippen LogP) is 4.26. The van der Waals surface area contributed by atoms with E-state index in [1.54, 1.807) is 7.11 Å². The zero-order valence-corrected chi connectivity index (χ0v) is 14.2. The fraction of sp³-hybridized carbons (Fsp3) is 0.200. The summed E-state index contributed by atoms with van der Waals surface area (Å²) in [6.45, 7) is 0.924. The molecule has 0 saturated carbocycles. The number of para-hydroxylation sites is 1. The van der Waals surface area contributed by atoms with Crippen LogP contribution in [0.2, 0.25) is 0 Å². The van der Waals surface area contributed by atoms with E-state index < -0.39 is 0 Å². The summed E-state index contributed by atoms with van der Waals surface area (Å²) in [5.41, 5.74) is 7.67. The Morgan fingerprint density at radius 1 is 1.10 bits per heavy atom. The maximum Gasteiger partial charge on any atom is 0.148 e. The van der Waals surface area contributed by atoms with Crippen molar-refractivity contribution in [3.05, 3.63) is 56.5 Å². The normalized spacial score (nSPS) is 10.4. The molecule has 2 N–H and O–H groups in total. The number of benzene rings is 2. The lowest BCUT2D eigenvalue weighted by molar-refractivity contribution is 0.293. The Balaban J connectivity index is 2.19. The summed E-state index contributed by atoms with van der Waals surface area (Å²) in [4.78, 5) is 0. The lowest BCUT2D eigenvalue weighted by Gasteiger charge is -2.13. The fourth-order valence-electron chi connectivity index (χ4n) is 1.84. The van der Waals surface area contributed by atoms with Gasteiger partial charge in [-0.3, -0.25) is 0 Å². The molecule has 0 saturated heterocycles. The second-order valence-electron chi connectivity index (χ2n) is 4.19. The Morgan fingerprint density at radius 2 is 1.75 bits per heavy atom. The van der Waals surface area contributed by atoms with Gasteiger partial charge in [0.05, 0.1) is 16.1 Å². The molecule has 0 radical (unpaired) electrons. The SMILES string of the molecule is COc1ccccc1COc1c(Br)cc(CN)cc1Br. The van der Waals surface area contributed by atoms with E-state index in [0.717, 1.165) is 31.6 Å². The van der Waals surface area contributed by atoms with Gasteiger partial charge in [0.2, 0.25) is 0 Å². The molecule has 2 aromatic carbocycles. The molecule has 0 atom stereocenters. The number of rotatable bonds is 5. The molecule has 0 aliphatic heterocycles. The molecule has 106 valence electrons. The first-order valence-corrected chi connectivity index (χ1v) is 7.67. The predicted molar refractivity (Wildman–Crippen MR) is 87.1 cm³/mol. The van der Waals surface area contributed by atoms with Gasteiger partial charge in [-0.2, -0.15) is 0 Å². The highest BCUT2D eigenvalue weighted by Gasteiger charge is 2.10. The number of ether oxygens (including phenoxy) is 2. The molecule has 5 heteroatoms. The molecule has 0 aromatic heterocycles. The summed E-state index contributed by atoms with van der Waals surface area (Å²) in [7, 11) is 1.65. The standard InChI is InChI=1S/C15H15Br2NO2/c1-19-14-5-3-2-4-11(14)9-20-15-12(16)6-10(8-18)7-13(15)17/h2-7H,8-9,18H2,1H3. The summed E-state index contributed by atoms with van der Waals surface area (Å²) in [6, 6.07) is 11.7. The van der Waals surface area contributed by atoms with E-state index in [0.29, 0.717) is 13.2 Å². The third-order valence-electron chi connectivity index (χ3n) is 2.86. The molecule has 0 spiro atoms. The monoisotopic (exact) mass is 399 g/mol. The first kappa shape index (κ1) is 15.4. The van der Waals surface area contributed by atoms with Crippen LogP contribution >= 0.6 is 31.9 Å². The number of halogens is 2. The minimum absolute atomic E-state index is 0.434. The molecule has 0 fully saturated rings. The fourth-order valence-corrected chi connectivity index (χ4v) is 3.35. The average molecular weight is 401 g/mol. The smallest absolute Gasteiger partial charge is 0.148 e. The summed E-state index contributed by atoms with van der Waals surface area (Å²) >= 11 is 7.01. The Labute approximate surface area is 135 Å². The zero-order valence-electron chi connectivity index (χ0n) is 11.0. The van der Waals surface area contributed by atoms with Gasteiger partial charge in [-0.15, -0.1) is 0 Å². The highest BCUT2D eigenvalue weighted by Crippen LogP contribution is 2.35. The topological polar surface area (TPSA) is 44.5 Å². The Bertz CT molecular complexity index is 579. The van der Waals surface area contributed by atoms with Crippen molar-refractivity contribution in [2.45, 2.75) is 13.2 Å². The van der Waals surface area contributed by atoms with Crippen molar-refractivity contribution < 1.29 is 9.47 Å². The minimum atomic E-state index is 0.434. The first-order chi connectivity index (χ1) is 9.65. The van der Waals surface area contributed by atoms with E-state index in [9.17, 15) is 0 Å². The largest absolute Gasteiger partial charge is 0.496 e. The van der Waals surface area contributed by atoms with Crippen molar-refractivity contribution in [1.82, 2.24) is 0 Å². The van der Waals surface area contributed by atoms with E-state index in [-0.39, 0.29) is 0 Å². The molecule has 2 aromatic rings. The van der Waals surface area contributed by atoms with Gasteiger partial charge in [0.25, 0.3) is 0 Å². The quantitative estimate of drug-likeness (QED) is 0.815. The lowest BCUT2D eigenvalue weighted by atomic mass is 10.2. The van der Waals surface area contributed by atoms with Gasteiger partial charge >= 0.3 is 0 Å². The molecule has 3 nitrogen and oxygen atoms in total. The maximum atomic E-state index is 5.88. The van der Waals surface area contributed by atoms with Crippen LogP contribution in [0.3, 0.4) is 0 Å². The van der Waals surface area contributed by atoms with Gasteiger partial charge in [-0.1, -0.05) is 18.2 Å². The molecular weight excluding hydrogens is 386 g/mol. The van der Waals surface area contributed by atoms with Crippen LogP contribution in [0.4, 0.5) is 0 Å². The van der Waals surface area contributed by atoms with Crippen LogP contribution in [0.25, 0.3) is 0 Å². The van der Waals surface area contributed by atoms with Crippen molar-refractivity contribution in [3.8, 4) is 11.5 Å². The van der Waals surface area contributed by atoms with E-state index in [1.807, 2.05) is 36.4 Å². The molecule has 20 heavy (non-hydrogen) atoms. The summed E-state index contributed by atoms with van der Waals surface area (Å²) in [6.07, 6.45) is 0. The second kappa shape index (κ2) is 7.11. The Kier molecular flexibility index (Phi) is 5.46. The zero-order chi connectivity index (χ0) is 14.5. The van der Waals surface area contributed by atoms with Gasteiger partial charge in [-0.05, 0) is 55.6 Å². The molecule has 0 bridgehead atoms. The van der Waals surface area contributed by atoms with Crippen molar-refractivity contribution >= 4 is 31.9 Å². The molecular formula is C15H15Br2NO2. The Hall–Kier alpha value is -1.04. The molecule has 2 rings (SSSR count). The van der Waals surface area contributed by atoms with Gasteiger partial charge < -0.3 is 15.2 Å². The average Bonchev–Trinajstić information content (AvgIpc) is 2.46. The van der Waals surface area contributed by atoms with E-state index in [4.69, 9.17) is 15.2 Å². The van der Waals surface area contributed by atoms with Crippen LogP contribution in [0, 0.1) is 0 Å². The van der Waals surface area contributed by atoms with Crippen LogP contribution < -0.4 is 15.2 Å². The third kappa shape index (κ3) is 3.53. The van der Waals surface area contributed by atoms with Gasteiger partial charge in [-0.25, -0.2) is 0 Å². The van der Waals surface area contributed by atoms with Gasteiger partial charge in [0.15, 0.2) is 0 Å². The highest BCUT2D eigenvalue weighted by atomic mass is 79.9. The molecule has 0 unspecified atom stereocenters. The first-order valence-electron chi connectivity index (χ1n) is 6.08. The third-order valence-corrected chi connectivity index (χ3v) is 4.04. The van der Waals surface area contributed by atoms with E-state index >= 15 is 0 Å². The van der Waals surface area contributed by atoms with Crippen LogP contribution in [-0.4, -0.2) is 7.11 Å².